The molecule has 0 atom stereocenters. The largest absolute Gasteiger partial charge is 0.462 e. The van der Waals surface area contributed by atoms with Gasteiger partial charge >= 0.3 is 16.2 Å². The van der Waals surface area contributed by atoms with Crippen molar-refractivity contribution in [1.29, 1.82) is 0 Å². The second-order valence-corrected chi connectivity index (χ2v) is 10.1. The molecule has 1 amide bonds. The van der Waals surface area contributed by atoms with E-state index in [1.165, 1.54) is 32.1 Å². The third-order valence-electron chi connectivity index (χ3n) is 5.74. The smallest absolute Gasteiger partial charge is 0.338 e. The highest BCUT2D eigenvalue weighted by Gasteiger charge is 2.34. The molecule has 0 unspecified atom stereocenters. The summed E-state index contributed by atoms with van der Waals surface area (Å²) < 4.78 is 32.1. The van der Waals surface area contributed by atoms with Gasteiger partial charge in [0.2, 0.25) is 5.91 Å². The van der Waals surface area contributed by atoms with Crippen molar-refractivity contribution in [3.8, 4) is 0 Å². The molecule has 0 bridgehead atoms. The van der Waals surface area contributed by atoms with E-state index in [-0.39, 0.29) is 24.5 Å². The van der Waals surface area contributed by atoms with Gasteiger partial charge in [-0.1, -0.05) is 45.2 Å². The van der Waals surface area contributed by atoms with Crippen molar-refractivity contribution in [2.24, 2.45) is 11.3 Å². The normalized spacial score (nSPS) is 20.7. The number of carbonyl (C=O) groups is 2. The van der Waals surface area contributed by atoms with Crippen LogP contribution in [-0.2, 0) is 26.3 Å². The number of ether oxygens (including phenoxy) is 1. The molecule has 0 aromatic heterocycles. The summed E-state index contributed by atoms with van der Waals surface area (Å²) in [4.78, 5) is 23.7. The molecule has 1 aromatic carbocycles. The van der Waals surface area contributed by atoms with Gasteiger partial charge in [0.1, 0.15) is 0 Å². The fraction of sp³-hybridized carbons (Fsp3) is 0.600. The van der Waals surface area contributed by atoms with Crippen LogP contribution < -0.4 is 4.72 Å². The summed E-state index contributed by atoms with van der Waals surface area (Å²) in [6.07, 6.45) is 6.17. The lowest BCUT2D eigenvalue weighted by molar-refractivity contribution is -0.118. The summed E-state index contributed by atoms with van der Waals surface area (Å²) in [6, 6.07) is 6.62. The van der Waals surface area contributed by atoms with Crippen LogP contribution in [0.4, 0.5) is 0 Å². The predicted molar refractivity (Wildman–Crippen MR) is 105 cm³/mol. The molecule has 1 saturated heterocycles. The van der Waals surface area contributed by atoms with E-state index in [0.29, 0.717) is 23.7 Å². The minimum absolute atomic E-state index is 0.0420. The van der Waals surface area contributed by atoms with Gasteiger partial charge in [-0.15, -0.1) is 0 Å². The van der Waals surface area contributed by atoms with Gasteiger partial charge in [-0.3, -0.25) is 4.79 Å². The lowest BCUT2D eigenvalue weighted by Crippen LogP contribution is -2.32. The summed E-state index contributed by atoms with van der Waals surface area (Å²) in [6.45, 7) is 4.59. The molecule has 1 heterocycles. The average molecular weight is 409 g/mol. The first-order valence-electron chi connectivity index (χ1n) is 9.74. The molecule has 3 rings (SSSR count). The highest BCUT2D eigenvalue weighted by atomic mass is 32.2. The van der Waals surface area contributed by atoms with Crippen molar-refractivity contribution in [2.75, 3.05) is 13.2 Å². The number of amides is 1. The number of nitrogens with one attached hydrogen (secondary N) is 1. The SMILES string of the molecule is CC(C)(COC(=O)c1ccc(CN2CC(=O)NS2(=O)=O)cc1)C1CCCCC1. The molecule has 1 aromatic rings. The van der Waals surface area contributed by atoms with Gasteiger partial charge in [0.05, 0.1) is 18.7 Å². The third kappa shape index (κ3) is 4.91. The van der Waals surface area contributed by atoms with Gasteiger partial charge < -0.3 is 4.74 Å². The van der Waals surface area contributed by atoms with E-state index in [9.17, 15) is 18.0 Å². The van der Waals surface area contributed by atoms with E-state index < -0.39 is 16.1 Å². The molecule has 2 aliphatic rings. The van der Waals surface area contributed by atoms with Gasteiger partial charge in [-0.05, 0) is 36.5 Å². The molecule has 1 saturated carbocycles. The van der Waals surface area contributed by atoms with Crippen molar-refractivity contribution in [3.63, 3.8) is 0 Å². The lowest BCUT2D eigenvalue weighted by Gasteiger charge is -2.36. The second-order valence-electron chi connectivity index (χ2n) is 8.39. The summed E-state index contributed by atoms with van der Waals surface area (Å²) in [5.41, 5.74) is 1.08. The molecular weight excluding hydrogens is 380 g/mol. The Labute approximate surface area is 166 Å². The van der Waals surface area contributed by atoms with E-state index in [0.717, 1.165) is 4.31 Å². The predicted octanol–water partition coefficient (Wildman–Crippen LogP) is 2.63. The highest BCUT2D eigenvalue weighted by Crippen LogP contribution is 2.38. The lowest BCUT2D eigenvalue weighted by atomic mass is 9.71. The number of esters is 1. The van der Waals surface area contributed by atoms with E-state index in [2.05, 4.69) is 13.8 Å². The molecule has 28 heavy (non-hydrogen) atoms. The Bertz CT molecular complexity index is 827. The fourth-order valence-corrected chi connectivity index (χ4v) is 5.00. The summed E-state index contributed by atoms with van der Waals surface area (Å²) in [5.74, 6) is -0.336. The average Bonchev–Trinajstić information content (AvgIpc) is 2.92. The van der Waals surface area contributed by atoms with Crippen molar-refractivity contribution < 1.29 is 22.7 Å². The number of carbonyl (C=O) groups excluding carboxylic acids is 2. The molecule has 2 fully saturated rings. The van der Waals surface area contributed by atoms with Crippen LogP contribution in [-0.4, -0.2) is 37.8 Å². The standard InChI is InChI=1S/C20H28N2O5S/c1-20(2,17-6-4-3-5-7-17)14-27-19(24)16-10-8-15(9-11-16)12-22-13-18(23)21-28(22,25)26/h8-11,17H,3-7,12-14H2,1-2H3,(H,21,23). The Hall–Kier alpha value is -1.93. The van der Waals surface area contributed by atoms with Crippen LogP contribution >= 0.6 is 0 Å². The molecule has 1 N–H and O–H groups in total. The van der Waals surface area contributed by atoms with Crippen LogP contribution in [0.5, 0.6) is 0 Å². The maximum absolute atomic E-state index is 12.4. The van der Waals surface area contributed by atoms with Crippen LogP contribution in [0.2, 0.25) is 0 Å². The van der Waals surface area contributed by atoms with E-state index >= 15 is 0 Å². The Balaban J connectivity index is 1.55. The number of hydrogen-bond acceptors (Lipinski definition) is 5. The van der Waals surface area contributed by atoms with Gasteiger partial charge in [0.15, 0.2) is 0 Å². The minimum atomic E-state index is -3.75. The summed E-state index contributed by atoms with van der Waals surface area (Å²) in [5, 5.41) is 0. The van der Waals surface area contributed by atoms with Crippen LogP contribution in [0.25, 0.3) is 0 Å². The quantitative estimate of drug-likeness (QED) is 0.731. The molecule has 7 nitrogen and oxygen atoms in total. The number of nitrogens with zero attached hydrogens (tertiary/aromatic N) is 1. The number of benzene rings is 1. The number of hydrogen-bond donors (Lipinski definition) is 1. The highest BCUT2D eigenvalue weighted by molar-refractivity contribution is 7.88. The molecule has 1 aliphatic heterocycles. The minimum Gasteiger partial charge on any atom is -0.462 e. The molecule has 8 heteroatoms. The first-order valence-corrected chi connectivity index (χ1v) is 11.2. The Kier molecular flexibility index (Phi) is 6.09. The maximum atomic E-state index is 12.4. The van der Waals surface area contributed by atoms with Crippen molar-refractivity contribution in [3.05, 3.63) is 35.4 Å². The van der Waals surface area contributed by atoms with E-state index in [1.54, 1.807) is 24.3 Å². The van der Waals surface area contributed by atoms with Crippen molar-refractivity contribution >= 4 is 22.1 Å². The Morgan fingerprint density at radius 3 is 2.39 bits per heavy atom. The maximum Gasteiger partial charge on any atom is 0.338 e. The van der Waals surface area contributed by atoms with Crippen molar-refractivity contribution in [2.45, 2.75) is 52.5 Å². The Morgan fingerprint density at radius 1 is 1.18 bits per heavy atom. The van der Waals surface area contributed by atoms with E-state index in [1.807, 2.05) is 4.72 Å². The molecule has 154 valence electrons. The van der Waals surface area contributed by atoms with Crippen LogP contribution in [0.1, 0.15) is 61.9 Å². The molecular formula is C20H28N2O5S. The van der Waals surface area contributed by atoms with Crippen molar-refractivity contribution in [1.82, 2.24) is 9.03 Å². The van der Waals surface area contributed by atoms with Crippen LogP contribution in [0.3, 0.4) is 0 Å². The fourth-order valence-electron chi connectivity index (χ4n) is 3.91. The Morgan fingerprint density at radius 2 is 1.82 bits per heavy atom. The van der Waals surface area contributed by atoms with E-state index in [4.69, 9.17) is 4.74 Å². The topological polar surface area (TPSA) is 92.8 Å². The van der Waals surface area contributed by atoms with Crippen LogP contribution in [0.15, 0.2) is 24.3 Å². The monoisotopic (exact) mass is 408 g/mol. The number of rotatable bonds is 6. The first-order chi connectivity index (χ1) is 13.2. The zero-order valence-electron chi connectivity index (χ0n) is 16.4. The third-order valence-corrected chi connectivity index (χ3v) is 7.16. The summed E-state index contributed by atoms with van der Waals surface area (Å²) in [7, 11) is -3.75. The molecule has 0 radical (unpaired) electrons. The zero-order chi connectivity index (χ0) is 20.4. The second kappa shape index (κ2) is 8.21. The first kappa shape index (κ1) is 20.8. The van der Waals surface area contributed by atoms with Gasteiger partial charge in [-0.2, -0.15) is 12.7 Å². The summed E-state index contributed by atoms with van der Waals surface area (Å²) >= 11 is 0. The zero-order valence-corrected chi connectivity index (χ0v) is 17.3. The molecule has 1 aliphatic carbocycles. The van der Waals surface area contributed by atoms with Crippen LogP contribution in [0, 0.1) is 11.3 Å². The van der Waals surface area contributed by atoms with Gasteiger partial charge in [-0.25, -0.2) is 9.52 Å². The van der Waals surface area contributed by atoms with Gasteiger partial charge in [0.25, 0.3) is 0 Å². The molecule has 0 spiro atoms. The van der Waals surface area contributed by atoms with Gasteiger partial charge in [0, 0.05) is 12.0 Å².